The summed E-state index contributed by atoms with van der Waals surface area (Å²) >= 11 is 3.49. The van der Waals surface area contributed by atoms with Crippen LogP contribution in [-0.4, -0.2) is 35.8 Å². The van der Waals surface area contributed by atoms with Gasteiger partial charge in [-0.3, -0.25) is 9.59 Å². The molecule has 2 N–H and O–H groups in total. The second-order valence-electron chi connectivity index (χ2n) is 10.6. The van der Waals surface area contributed by atoms with Crippen molar-refractivity contribution < 1.29 is 28.2 Å². The third-order valence-electron chi connectivity index (χ3n) is 7.11. The molecule has 2 aromatic heterocycles. The van der Waals surface area contributed by atoms with E-state index in [1.54, 1.807) is 24.3 Å². The van der Waals surface area contributed by atoms with E-state index in [1.165, 1.54) is 6.21 Å². The number of rotatable bonds is 13. The molecule has 0 aliphatic rings. The Morgan fingerprint density at radius 2 is 1.66 bits per heavy atom. The van der Waals surface area contributed by atoms with Crippen LogP contribution in [0.1, 0.15) is 45.8 Å². The number of hydrogen-bond donors (Lipinski definition) is 2. The highest BCUT2D eigenvalue weighted by Crippen LogP contribution is 2.36. The zero-order valence-corrected chi connectivity index (χ0v) is 28.1. The van der Waals surface area contributed by atoms with Crippen molar-refractivity contribution in [1.82, 2.24) is 9.99 Å². The van der Waals surface area contributed by atoms with E-state index in [0.29, 0.717) is 39.7 Å². The molecule has 10 nitrogen and oxygen atoms in total. The number of nitrogens with zero attached hydrogens (tertiary/aromatic N) is 2. The van der Waals surface area contributed by atoms with E-state index >= 15 is 0 Å². The summed E-state index contributed by atoms with van der Waals surface area (Å²) in [6, 6.07) is 26.2. The first-order valence-corrected chi connectivity index (χ1v) is 15.8. The Morgan fingerprint density at radius 3 is 2.38 bits per heavy atom. The average Bonchev–Trinajstić information content (AvgIpc) is 3.67. The number of ether oxygens (including phenoxy) is 3. The number of amides is 2. The number of furan rings is 1. The van der Waals surface area contributed by atoms with E-state index in [4.69, 9.17) is 18.6 Å². The molecule has 0 radical (unpaired) electrons. The van der Waals surface area contributed by atoms with Gasteiger partial charge in [-0.1, -0.05) is 18.2 Å². The molecular weight excluding hydrogens is 664 g/mol. The largest absolute Gasteiger partial charge is 0.490 e. The van der Waals surface area contributed by atoms with Gasteiger partial charge in [0.1, 0.15) is 18.1 Å². The Balaban J connectivity index is 1.14. The number of nitrogens with one attached hydrogen (secondary N) is 2. The standard InChI is InChI=1S/C36H35BrN4O6/c1-5-44-33-19-26(18-30(37)35(33)46-22-34(42)39-31-9-7-6-8-23(31)2)20-38-40-36(43)32-17-16-29(47-32)21-45-28-14-12-27(13-15-28)41-24(3)10-11-25(41)4/h6-20H,5,21-22H2,1-4H3,(H,39,42)(H,40,43)/b38-20+. The molecule has 5 aromatic rings. The number of carbonyl (C=O) groups is 2. The number of halogens is 1. The van der Waals surface area contributed by atoms with E-state index < -0.39 is 5.91 Å². The zero-order valence-electron chi connectivity index (χ0n) is 26.5. The minimum absolute atomic E-state index is 0.0959. The monoisotopic (exact) mass is 698 g/mol. The van der Waals surface area contributed by atoms with Crippen LogP contribution in [0.5, 0.6) is 17.2 Å². The SMILES string of the molecule is CCOc1cc(/C=N/NC(=O)c2ccc(COc3ccc(-n4c(C)ccc4C)cc3)o2)cc(Br)c1OCC(=O)Nc1ccccc1C. The van der Waals surface area contributed by atoms with Gasteiger partial charge in [0.15, 0.2) is 23.9 Å². The van der Waals surface area contributed by atoms with E-state index in [2.05, 4.69) is 62.3 Å². The van der Waals surface area contributed by atoms with E-state index in [9.17, 15) is 9.59 Å². The topological polar surface area (TPSA) is 116 Å². The lowest BCUT2D eigenvalue weighted by Crippen LogP contribution is -2.21. The van der Waals surface area contributed by atoms with Crippen molar-refractivity contribution in [2.45, 2.75) is 34.3 Å². The molecule has 0 saturated carbocycles. The summed E-state index contributed by atoms with van der Waals surface area (Å²) in [4.78, 5) is 25.2. The second kappa shape index (κ2) is 15.3. The third-order valence-corrected chi connectivity index (χ3v) is 7.70. The van der Waals surface area contributed by atoms with Gasteiger partial charge in [0.25, 0.3) is 5.91 Å². The Hall–Kier alpha value is -5.29. The highest BCUT2D eigenvalue weighted by atomic mass is 79.9. The summed E-state index contributed by atoms with van der Waals surface area (Å²) in [5.41, 5.74) is 8.13. The quantitative estimate of drug-likeness (QED) is 0.0971. The van der Waals surface area contributed by atoms with Gasteiger partial charge in [-0.2, -0.15) is 5.10 Å². The number of benzene rings is 3. The van der Waals surface area contributed by atoms with Crippen molar-refractivity contribution >= 4 is 39.6 Å². The molecule has 11 heteroatoms. The number of para-hydroxylation sites is 1. The molecule has 242 valence electrons. The van der Waals surface area contributed by atoms with Crippen molar-refractivity contribution in [2.75, 3.05) is 18.5 Å². The van der Waals surface area contributed by atoms with Gasteiger partial charge < -0.3 is 28.5 Å². The van der Waals surface area contributed by atoms with Crippen molar-refractivity contribution in [3.8, 4) is 22.9 Å². The molecule has 0 saturated heterocycles. The Labute approximate surface area is 281 Å². The molecular formula is C36H35BrN4O6. The fourth-order valence-electron chi connectivity index (χ4n) is 4.82. The van der Waals surface area contributed by atoms with Gasteiger partial charge in [-0.15, -0.1) is 0 Å². The Kier molecular flexibility index (Phi) is 10.8. The number of hydrogen-bond acceptors (Lipinski definition) is 7. The molecule has 0 bridgehead atoms. The number of anilines is 1. The summed E-state index contributed by atoms with van der Waals surface area (Å²) in [5, 5.41) is 6.91. The minimum atomic E-state index is -0.516. The van der Waals surface area contributed by atoms with E-state index in [-0.39, 0.29) is 24.9 Å². The fraction of sp³-hybridized carbons (Fsp3) is 0.194. The number of carbonyl (C=O) groups excluding carboxylic acids is 2. The molecule has 47 heavy (non-hydrogen) atoms. The first-order valence-electron chi connectivity index (χ1n) is 15.0. The predicted octanol–water partition coefficient (Wildman–Crippen LogP) is 7.52. The molecule has 2 amide bonds. The normalized spacial score (nSPS) is 11.0. The smallest absolute Gasteiger partial charge is 0.307 e. The van der Waals surface area contributed by atoms with Gasteiger partial charge in [0, 0.05) is 22.8 Å². The highest BCUT2D eigenvalue weighted by Gasteiger charge is 2.15. The maximum absolute atomic E-state index is 12.7. The van der Waals surface area contributed by atoms with Gasteiger partial charge >= 0.3 is 5.91 Å². The lowest BCUT2D eigenvalue weighted by atomic mass is 10.2. The molecule has 0 atom stereocenters. The first-order chi connectivity index (χ1) is 22.7. The molecule has 0 aliphatic heterocycles. The molecule has 5 rings (SSSR count). The summed E-state index contributed by atoms with van der Waals surface area (Å²) < 4.78 is 25.8. The van der Waals surface area contributed by atoms with Crippen LogP contribution >= 0.6 is 15.9 Å². The van der Waals surface area contributed by atoms with Crippen LogP contribution in [-0.2, 0) is 11.4 Å². The highest BCUT2D eigenvalue weighted by molar-refractivity contribution is 9.10. The van der Waals surface area contributed by atoms with Crippen LogP contribution in [0.15, 0.2) is 98.9 Å². The summed E-state index contributed by atoms with van der Waals surface area (Å²) in [5.74, 6) is 1.24. The van der Waals surface area contributed by atoms with Crippen molar-refractivity contribution in [2.24, 2.45) is 5.10 Å². The average molecular weight is 700 g/mol. The maximum atomic E-state index is 12.7. The predicted molar refractivity (Wildman–Crippen MR) is 184 cm³/mol. The summed E-state index contributed by atoms with van der Waals surface area (Å²) in [7, 11) is 0. The van der Waals surface area contributed by atoms with Crippen LogP contribution in [0.3, 0.4) is 0 Å². The maximum Gasteiger partial charge on any atom is 0.307 e. The lowest BCUT2D eigenvalue weighted by Gasteiger charge is -2.15. The third kappa shape index (κ3) is 8.50. The van der Waals surface area contributed by atoms with Crippen LogP contribution < -0.4 is 25.0 Å². The van der Waals surface area contributed by atoms with Crippen LogP contribution in [0, 0.1) is 20.8 Å². The van der Waals surface area contributed by atoms with Crippen LogP contribution in [0.2, 0.25) is 0 Å². The molecule has 0 aliphatic carbocycles. The molecule has 2 heterocycles. The molecule has 0 fully saturated rings. The second-order valence-corrected chi connectivity index (χ2v) is 11.5. The van der Waals surface area contributed by atoms with Crippen molar-refractivity contribution in [1.29, 1.82) is 0 Å². The van der Waals surface area contributed by atoms with Gasteiger partial charge in [0.05, 0.1) is 17.3 Å². The van der Waals surface area contributed by atoms with Gasteiger partial charge in [0.2, 0.25) is 0 Å². The van der Waals surface area contributed by atoms with Crippen LogP contribution in [0.25, 0.3) is 5.69 Å². The first kappa shape index (κ1) is 33.1. The zero-order chi connectivity index (χ0) is 33.3. The van der Waals surface area contributed by atoms with Crippen LogP contribution in [0.4, 0.5) is 5.69 Å². The van der Waals surface area contributed by atoms with E-state index in [0.717, 1.165) is 28.3 Å². The molecule has 3 aromatic carbocycles. The van der Waals surface area contributed by atoms with Crippen molar-refractivity contribution in [3.63, 3.8) is 0 Å². The fourth-order valence-corrected chi connectivity index (χ4v) is 5.40. The van der Waals surface area contributed by atoms with Gasteiger partial charge in [-0.05, 0) is 121 Å². The van der Waals surface area contributed by atoms with Crippen molar-refractivity contribution in [3.05, 3.63) is 123 Å². The lowest BCUT2D eigenvalue weighted by molar-refractivity contribution is -0.118. The summed E-state index contributed by atoms with van der Waals surface area (Å²) in [6.07, 6.45) is 1.47. The van der Waals surface area contributed by atoms with Gasteiger partial charge in [-0.25, -0.2) is 5.43 Å². The summed E-state index contributed by atoms with van der Waals surface area (Å²) in [6.45, 7) is 8.21. The number of aromatic nitrogens is 1. The van der Waals surface area contributed by atoms with E-state index in [1.807, 2.05) is 62.4 Å². The molecule has 0 unspecified atom stereocenters. The number of hydrazone groups is 1. The number of aryl methyl sites for hydroxylation is 3. The molecule has 0 spiro atoms. The Bertz CT molecular complexity index is 1870. The Morgan fingerprint density at radius 1 is 0.915 bits per heavy atom. The minimum Gasteiger partial charge on any atom is -0.490 e.